The van der Waals surface area contributed by atoms with E-state index >= 15 is 0 Å². The van der Waals surface area contributed by atoms with Crippen LogP contribution in [0.1, 0.15) is 65.7 Å². The molecule has 0 bridgehead atoms. The maximum absolute atomic E-state index is 12.7. The van der Waals surface area contributed by atoms with Crippen molar-refractivity contribution in [2.75, 3.05) is 29.9 Å². The summed E-state index contributed by atoms with van der Waals surface area (Å²) in [6, 6.07) is 13.8. The van der Waals surface area contributed by atoms with Gasteiger partial charge in [-0.2, -0.15) is 0 Å². The van der Waals surface area contributed by atoms with Crippen LogP contribution in [0.15, 0.2) is 48.5 Å². The maximum Gasteiger partial charge on any atom is 0.255 e. The monoisotopic (exact) mass is 488 g/mol. The molecule has 0 saturated carbocycles. The fraction of sp³-hybridized carbons (Fsp3) is 0.429. The lowest BCUT2D eigenvalue weighted by molar-refractivity contribution is -0.121. The topological polar surface area (TPSA) is 98.8 Å². The molecule has 0 aliphatic carbocycles. The highest BCUT2D eigenvalue weighted by Gasteiger charge is 2.33. The lowest BCUT2D eigenvalue weighted by Gasteiger charge is -2.44. The molecule has 3 fully saturated rings. The number of imide groups is 1. The molecular weight excluding hydrogens is 456 g/mol. The first-order chi connectivity index (χ1) is 17.5. The van der Waals surface area contributed by atoms with Gasteiger partial charge >= 0.3 is 0 Å². The molecule has 2 unspecified atom stereocenters. The number of nitrogens with one attached hydrogen (secondary N) is 2. The Kier molecular flexibility index (Phi) is 7.13. The van der Waals surface area contributed by atoms with E-state index in [0.717, 1.165) is 11.3 Å². The van der Waals surface area contributed by atoms with Crippen molar-refractivity contribution < 1.29 is 19.2 Å². The number of anilines is 2. The Bertz CT molecular complexity index is 1130. The van der Waals surface area contributed by atoms with Crippen LogP contribution in [0.5, 0.6) is 0 Å². The number of nitrogens with zero attached hydrogens (tertiary/aromatic N) is 2. The second-order valence-electron chi connectivity index (χ2n) is 9.91. The minimum Gasteiger partial charge on any atom is -0.352 e. The number of hydrogen-bond donors (Lipinski definition) is 2. The Balaban J connectivity index is 1.14. The van der Waals surface area contributed by atoms with Crippen LogP contribution in [0.2, 0.25) is 0 Å². The van der Waals surface area contributed by atoms with Gasteiger partial charge in [-0.05, 0) is 93.2 Å². The van der Waals surface area contributed by atoms with Crippen LogP contribution < -0.4 is 15.5 Å². The van der Waals surface area contributed by atoms with Gasteiger partial charge < -0.3 is 15.5 Å². The summed E-state index contributed by atoms with van der Waals surface area (Å²) in [5.41, 5.74) is 2.02. The summed E-state index contributed by atoms with van der Waals surface area (Å²) in [6.45, 7) is 3.07. The van der Waals surface area contributed by atoms with Crippen molar-refractivity contribution in [2.45, 2.75) is 51.0 Å². The normalized spacial score (nSPS) is 22.3. The summed E-state index contributed by atoms with van der Waals surface area (Å²) < 4.78 is 0. The third kappa shape index (κ3) is 5.18. The van der Waals surface area contributed by atoms with Gasteiger partial charge in [0.15, 0.2) is 0 Å². The molecular formula is C28H32N4O4. The van der Waals surface area contributed by atoms with Crippen molar-refractivity contribution in [1.82, 2.24) is 10.2 Å². The molecule has 0 radical (unpaired) electrons. The van der Waals surface area contributed by atoms with E-state index in [1.807, 2.05) is 0 Å². The van der Waals surface area contributed by atoms with Gasteiger partial charge in [0, 0.05) is 42.2 Å². The molecule has 3 aliphatic rings. The van der Waals surface area contributed by atoms with Crippen molar-refractivity contribution in [3.63, 3.8) is 0 Å². The van der Waals surface area contributed by atoms with Crippen LogP contribution >= 0.6 is 0 Å². The third-order valence-electron chi connectivity index (χ3n) is 7.60. The average molecular weight is 489 g/mol. The average Bonchev–Trinajstić information content (AvgIpc) is 3.25. The molecule has 5 rings (SSSR count). The standard InChI is InChI=1S/C28H32N4O4/c33-25-14-15-26(34)32(25)23-12-8-20(9-13-23)28(36)30-22-10-6-19(7-11-22)27(35)29-18-21-4-3-17-31-16-2-1-5-24(21)31/h6-13,21,24H,1-5,14-18H2,(H,29,35)(H,30,36). The van der Waals surface area contributed by atoms with Crippen LogP contribution in [0.4, 0.5) is 11.4 Å². The Morgan fingerprint density at radius 1 is 0.778 bits per heavy atom. The van der Waals surface area contributed by atoms with Gasteiger partial charge in [-0.1, -0.05) is 6.42 Å². The number of fused-ring (bicyclic) bond motifs is 1. The SMILES string of the molecule is O=C(NCC1CCCN2CCCCC12)c1ccc(NC(=O)c2ccc(N3C(=O)CCC3=O)cc2)cc1. The molecule has 0 spiro atoms. The summed E-state index contributed by atoms with van der Waals surface area (Å²) in [5, 5.41) is 5.94. The lowest BCUT2D eigenvalue weighted by Crippen LogP contribution is -2.51. The minimum absolute atomic E-state index is 0.0950. The first-order valence-corrected chi connectivity index (χ1v) is 12.9. The zero-order chi connectivity index (χ0) is 25.1. The van der Waals surface area contributed by atoms with Crippen LogP contribution in [-0.4, -0.2) is 54.2 Å². The van der Waals surface area contributed by atoms with Crippen molar-refractivity contribution >= 4 is 35.0 Å². The van der Waals surface area contributed by atoms with Crippen molar-refractivity contribution in [1.29, 1.82) is 0 Å². The number of amides is 4. The number of carbonyl (C=O) groups excluding carboxylic acids is 4. The van der Waals surface area contributed by atoms with E-state index in [1.54, 1.807) is 48.5 Å². The highest BCUT2D eigenvalue weighted by Crippen LogP contribution is 2.30. The largest absolute Gasteiger partial charge is 0.352 e. The molecule has 2 N–H and O–H groups in total. The van der Waals surface area contributed by atoms with Gasteiger partial charge in [-0.25, -0.2) is 0 Å². The van der Waals surface area contributed by atoms with Crippen LogP contribution in [0.25, 0.3) is 0 Å². The van der Waals surface area contributed by atoms with Crippen LogP contribution in [0.3, 0.4) is 0 Å². The molecule has 188 valence electrons. The quantitative estimate of drug-likeness (QED) is 0.606. The molecule has 3 heterocycles. The van der Waals surface area contributed by atoms with E-state index in [-0.39, 0.29) is 36.5 Å². The molecule has 2 aromatic rings. The lowest BCUT2D eigenvalue weighted by atomic mass is 9.83. The Labute approximate surface area is 211 Å². The van der Waals surface area contributed by atoms with E-state index < -0.39 is 0 Å². The van der Waals surface area contributed by atoms with Gasteiger partial charge in [0.05, 0.1) is 5.69 Å². The third-order valence-corrected chi connectivity index (χ3v) is 7.60. The second kappa shape index (κ2) is 10.6. The highest BCUT2D eigenvalue weighted by atomic mass is 16.2. The predicted octanol–water partition coefficient (Wildman–Crippen LogP) is 3.59. The number of rotatable bonds is 6. The smallest absolute Gasteiger partial charge is 0.255 e. The fourth-order valence-corrected chi connectivity index (χ4v) is 5.68. The Hall–Kier alpha value is -3.52. The van der Waals surface area contributed by atoms with E-state index in [1.165, 1.54) is 38.8 Å². The highest BCUT2D eigenvalue weighted by molar-refractivity contribution is 6.20. The van der Waals surface area contributed by atoms with Crippen LogP contribution in [0, 0.1) is 5.92 Å². The molecule has 2 aromatic carbocycles. The molecule has 36 heavy (non-hydrogen) atoms. The molecule has 8 heteroatoms. The van der Waals surface area contributed by atoms with E-state index in [2.05, 4.69) is 15.5 Å². The molecule has 3 aliphatic heterocycles. The maximum atomic E-state index is 12.7. The first-order valence-electron chi connectivity index (χ1n) is 12.9. The Morgan fingerprint density at radius 2 is 1.42 bits per heavy atom. The second-order valence-corrected chi connectivity index (χ2v) is 9.91. The Morgan fingerprint density at radius 3 is 2.14 bits per heavy atom. The molecule has 0 aromatic heterocycles. The van der Waals surface area contributed by atoms with Gasteiger partial charge in [0.2, 0.25) is 11.8 Å². The number of carbonyl (C=O) groups is 4. The van der Waals surface area contributed by atoms with E-state index in [0.29, 0.717) is 41.0 Å². The van der Waals surface area contributed by atoms with Gasteiger partial charge in [0.25, 0.3) is 11.8 Å². The summed E-state index contributed by atoms with van der Waals surface area (Å²) in [4.78, 5) is 52.9. The van der Waals surface area contributed by atoms with Gasteiger partial charge in [-0.3, -0.25) is 24.1 Å². The van der Waals surface area contributed by atoms with E-state index in [4.69, 9.17) is 0 Å². The van der Waals surface area contributed by atoms with Crippen LogP contribution in [-0.2, 0) is 9.59 Å². The van der Waals surface area contributed by atoms with E-state index in [9.17, 15) is 19.2 Å². The van der Waals surface area contributed by atoms with Crippen molar-refractivity contribution in [3.05, 3.63) is 59.7 Å². The summed E-state index contributed by atoms with van der Waals surface area (Å²) in [5.74, 6) is -0.351. The molecule has 4 amide bonds. The summed E-state index contributed by atoms with van der Waals surface area (Å²) in [6.07, 6.45) is 6.58. The van der Waals surface area contributed by atoms with Crippen molar-refractivity contribution in [3.8, 4) is 0 Å². The number of benzene rings is 2. The van der Waals surface area contributed by atoms with Crippen molar-refractivity contribution in [2.24, 2.45) is 5.92 Å². The zero-order valence-corrected chi connectivity index (χ0v) is 20.4. The summed E-state index contributed by atoms with van der Waals surface area (Å²) >= 11 is 0. The molecule has 2 atom stereocenters. The zero-order valence-electron chi connectivity index (χ0n) is 20.4. The number of piperidine rings is 2. The first kappa shape index (κ1) is 24.2. The summed E-state index contributed by atoms with van der Waals surface area (Å²) in [7, 11) is 0. The predicted molar refractivity (Wildman–Crippen MR) is 137 cm³/mol. The molecule has 3 saturated heterocycles. The fourth-order valence-electron chi connectivity index (χ4n) is 5.68. The number of hydrogen-bond acceptors (Lipinski definition) is 5. The van der Waals surface area contributed by atoms with Gasteiger partial charge in [0.1, 0.15) is 0 Å². The molecule has 8 nitrogen and oxygen atoms in total. The minimum atomic E-state index is -0.313. The van der Waals surface area contributed by atoms with Gasteiger partial charge in [-0.15, -0.1) is 0 Å².